The lowest BCUT2D eigenvalue weighted by atomic mass is 10.2. The van der Waals surface area contributed by atoms with E-state index in [4.69, 9.17) is 28.9 Å². The van der Waals surface area contributed by atoms with E-state index in [-0.39, 0.29) is 40.9 Å². The Bertz CT molecular complexity index is 454. The number of anilines is 2. The number of nitrogens with two attached hydrogens (primary N) is 1. The molecule has 0 radical (unpaired) electrons. The van der Waals surface area contributed by atoms with Gasteiger partial charge < -0.3 is 21.0 Å². The normalized spacial score (nSPS) is 10.1. The number of carboxylic acids is 1. The van der Waals surface area contributed by atoms with E-state index in [1.165, 1.54) is 12.1 Å². The summed E-state index contributed by atoms with van der Waals surface area (Å²) in [6.07, 6.45) is 0.134. The number of nitrogens with one attached hydrogen (secondary N) is 1. The Hall–Kier alpha value is -1.46. The van der Waals surface area contributed by atoms with Crippen molar-refractivity contribution < 1.29 is 14.7 Å². The Morgan fingerprint density at radius 2 is 1.78 bits per heavy atom. The van der Waals surface area contributed by atoms with Gasteiger partial charge in [-0.15, -0.1) is 0 Å². The van der Waals surface area contributed by atoms with Crippen LogP contribution in [-0.2, 0) is 9.59 Å². The van der Waals surface area contributed by atoms with Crippen molar-refractivity contribution in [3.8, 4) is 0 Å². The molecule has 0 aliphatic heterocycles. The van der Waals surface area contributed by atoms with Crippen LogP contribution in [0.15, 0.2) is 12.1 Å². The van der Waals surface area contributed by atoms with Gasteiger partial charge in [0, 0.05) is 18.1 Å². The number of rotatable bonds is 5. The van der Waals surface area contributed by atoms with E-state index in [0.717, 1.165) is 0 Å². The molecule has 0 aliphatic rings. The van der Waals surface area contributed by atoms with Gasteiger partial charge in [-0.2, -0.15) is 0 Å². The number of nitrogen functional groups attached to an aromatic ring is 1. The number of carbonyl (C=O) groups excluding carboxylic acids is 2. The lowest BCUT2D eigenvalue weighted by Crippen LogP contribution is -2.22. The van der Waals surface area contributed by atoms with Crippen LogP contribution in [0.2, 0.25) is 10.0 Å². The minimum Gasteiger partial charge on any atom is -0.550 e. The first-order valence-electron chi connectivity index (χ1n) is 5.14. The molecule has 18 heavy (non-hydrogen) atoms. The highest BCUT2D eigenvalue weighted by Gasteiger charge is 2.07. The topological polar surface area (TPSA) is 95.2 Å². The molecule has 0 atom stereocenters. The molecule has 98 valence electrons. The Kier molecular flexibility index (Phi) is 5.25. The molecule has 0 heterocycles. The second-order valence-electron chi connectivity index (χ2n) is 3.63. The highest BCUT2D eigenvalue weighted by molar-refractivity contribution is 6.39. The number of amides is 1. The van der Waals surface area contributed by atoms with Gasteiger partial charge in [0.1, 0.15) is 0 Å². The van der Waals surface area contributed by atoms with Crippen molar-refractivity contribution in [2.24, 2.45) is 0 Å². The molecule has 0 bridgehead atoms. The van der Waals surface area contributed by atoms with Gasteiger partial charge in [0.2, 0.25) is 5.91 Å². The van der Waals surface area contributed by atoms with E-state index in [9.17, 15) is 14.7 Å². The van der Waals surface area contributed by atoms with Crippen LogP contribution in [-0.4, -0.2) is 11.9 Å². The minimum absolute atomic E-state index is 0.0770. The number of halogens is 2. The fraction of sp³-hybridized carbons (Fsp3) is 0.273. The molecule has 0 saturated carbocycles. The number of hydrogen-bond donors (Lipinski definition) is 2. The van der Waals surface area contributed by atoms with E-state index in [1.807, 2.05) is 0 Å². The lowest BCUT2D eigenvalue weighted by molar-refractivity contribution is -0.305. The molecule has 1 amide bonds. The van der Waals surface area contributed by atoms with Gasteiger partial charge in [-0.3, -0.25) is 4.79 Å². The fourth-order valence-corrected chi connectivity index (χ4v) is 1.76. The van der Waals surface area contributed by atoms with Gasteiger partial charge in [0.15, 0.2) is 0 Å². The van der Waals surface area contributed by atoms with Crippen LogP contribution in [0.5, 0.6) is 0 Å². The molecular formula is C11H11Cl2N2O3-. The quantitative estimate of drug-likeness (QED) is 0.802. The molecule has 0 fully saturated rings. The van der Waals surface area contributed by atoms with Gasteiger partial charge in [0.05, 0.1) is 15.7 Å². The summed E-state index contributed by atoms with van der Waals surface area (Å²) in [7, 11) is 0. The lowest BCUT2D eigenvalue weighted by Gasteiger charge is -2.08. The third-order valence-electron chi connectivity index (χ3n) is 2.15. The summed E-state index contributed by atoms with van der Waals surface area (Å²) in [5.74, 6) is -1.51. The standard InChI is InChI=1S/C11H12Cl2N2O3/c12-7-4-6(5-8(13)11(7)14)15-9(16)2-1-3-10(17)18/h4-5H,1-3,14H2,(H,15,16)(H,17,18)/p-1. The third kappa shape index (κ3) is 4.43. The zero-order valence-electron chi connectivity index (χ0n) is 9.33. The van der Waals surface area contributed by atoms with Crippen LogP contribution < -0.4 is 16.2 Å². The Balaban J connectivity index is 2.57. The summed E-state index contributed by atoms with van der Waals surface area (Å²) >= 11 is 11.6. The summed E-state index contributed by atoms with van der Waals surface area (Å²) < 4.78 is 0. The largest absolute Gasteiger partial charge is 0.550 e. The average Bonchev–Trinajstić information content (AvgIpc) is 2.25. The van der Waals surface area contributed by atoms with E-state index >= 15 is 0 Å². The van der Waals surface area contributed by atoms with E-state index in [1.54, 1.807) is 0 Å². The summed E-state index contributed by atoms with van der Waals surface area (Å²) in [5.41, 5.74) is 6.20. The van der Waals surface area contributed by atoms with Gasteiger partial charge in [-0.05, 0) is 25.0 Å². The zero-order valence-corrected chi connectivity index (χ0v) is 10.8. The van der Waals surface area contributed by atoms with Crippen LogP contribution >= 0.6 is 23.2 Å². The molecule has 1 aromatic carbocycles. The zero-order chi connectivity index (χ0) is 13.7. The van der Waals surface area contributed by atoms with Crippen molar-refractivity contribution in [1.82, 2.24) is 0 Å². The van der Waals surface area contributed by atoms with Gasteiger partial charge in [0.25, 0.3) is 0 Å². The van der Waals surface area contributed by atoms with E-state index in [0.29, 0.717) is 5.69 Å². The molecule has 1 rings (SSSR count). The van der Waals surface area contributed by atoms with Crippen molar-refractivity contribution in [2.75, 3.05) is 11.1 Å². The van der Waals surface area contributed by atoms with Crippen LogP contribution in [0.25, 0.3) is 0 Å². The van der Waals surface area contributed by atoms with Gasteiger partial charge in [-0.1, -0.05) is 23.2 Å². The predicted octanol–water partition coefficient (Wildman–Crippen LogP) is 1.43. The Morgan fingerprint density at radius 3 is 2.28 bits per heavy atom. The van der Waals surface area contributed by atoms with Crippen molar-refractivity contribution in [3.05, 3.63) is 22.2 Å². The molecule has 3 N–H and O–H groups in total. The highest BCUT2D eigenvalue weighted by atomic mass is 35.5. The Morgan fingerprint density at radius 1 is 1.22 bits per heavy atom. The molecule has 5 nitrogen and oxygen atoms in total. The van der Waals surface area contributed by atoms with Crippen molar-refractivity contribution in [1.29, 1.82) is 0 Å². The number of carbonyl (C=O) groups is 2. The molecule has 0 unspecified atom stereocenters. The van der Waals surface area contributed by atoms with Crippen molar-refractivity contribution in [3.63, 3.8) is 0 Å². The van der Waals surface area contributed by atoms with Crippen LogP contribution in [0.3, 0.4) is 0 Å². The summed E-state index contributed by atoms with van der Waals surface area (Å²) in [6.45, 7) is 0. The van der Waals surface area contributed by atoms with Crippen LogP contribution in [0, 0.1) is 0 Å². The third-order valence-corrected chi connectivity index (χ3v) is 2.77. The molecule has 0 aliphatic carbocycles. The van der Waals surface area contributed by atoms with Gasteiger partial charge in [-0.25, -0.2) is 0 Å². The minimum atomic E-state index is -1.18. The van der Waals surface area contributed by atoms with E-state index in [2.05, 4.69) is 5.32 Å². The van der Waals surface area contributed by atoms with E-state index < -0.39 is 5.97 Å². The molecule has 1 aromatic rings. The molecule has 7 heteroatoms. The average molecular weight is 290 g/mol. The number of hydrogen-bond acceptors (Lipinski definition) is 4. The summed E-state index contributed by atoms with van der Waals surface area (Å²) in [6, 6.07) is 2.94. The monoisotopic (exact) mass is 289 g/mol. The maximum Gasteiger partial charge on any atom is 0.224 e. The van der Waals surface area contributed by atoms with Crippen LogP contribution in [0.1, 0.15) is 19.3 Å². The fourth-order valence-electron chi connectivity index (χ4n) is 1.27. The number of aliphatic carboxylic acids is 1. The Labute approximate surface area is 114 Å². The highest BCUT2D eigenvalue weighted by Crippen LogP contribution is 2.31. The van der Waals surface area contributed by atoms with Crippen molar-refractivity contribution >= 4 is 46.5 Å². The molecule has 0 spiro atoms. The smallest absolute Gasteiger partial charge is 0.224 e. The van der Waals surface area contributed by atoms with Crippen molar-refractivity contribution in [2.45, 2.75) is 19.3 Å². The number of benzene rings is 1. The first kappa shape index (κ1) is 14.6. The second-order valence-corrected chi connectivity index (χ2v) is 4.44. The summed E-state index contributed by atoms with van der Waals surface area (Å²) in [5, 5.41) is 13.2. The molecule has 0 aromatic heterocycles. The van der Waals surface area contributed by atoms with Gasteiger partial charge >= 0.3 is 0 Å². The maximum absolute atomic E-state index is 11.5. The maximum atomic E-state index is 11.5. The first-order chi connectivity index (χ1) is 8.40. The predicted molar refractivity (Wildman–Crippen MR) is 68.4 cm³/mol. The SMILES string of the molecule is Nc1c(Cl)cc(NC(=O)CCCC(=O)[O-])cc1Cl. The number of carboxylic acid groups (broad SMARTS) is 1. The molecular weight excluding hydrogens is 279 g/mol. The second kappa shape index (κ2) is 6.47. The molecule has 0 saturated heterocycles. The van der Waals surface area contributed by atoms with Crippen LogP contribution in [0.4, 0.5) is 11.4 Å². The summed E-state index contributed by atoms with van der Waals surface area (Å²) in [4.78, 5) is 21.6. The first-order valence-corrected chi connectivity index (χ1v) is 5.90.